The van der Waals surface area contributed by atoms with Crippen LogP contribution in [0.2, 0.25) is 0 Å². The first-order chi connectivity index (χ1) is 8.31. The maximum atomic E-state index is 11.9. The molecule has 1 aliphatic rings. The Balaban J connectivity index is 1.85. The second kappa shape index (κ2) is 5.68. The molecule has 0 spiro atoms. The molecule has 17 heavy (non-hydrogen) atoms. The van der Waals surface area contributed by atoms with Gasteiger partial charge < -0.3 is 14.7 Å². The van der Waals surface area contributed by atoms with Gasteiger partial charge >= 0.3 is 0 Å². The molecule has 4 nitrogen and oxygen atoms in total. The molecule has 1 unspecified atom stereocenters. The van der Waals surface area contributed by atoms with Crippen molar-refractivity contribution in [2.24, 2.45) is 0 Å². The highest BCUT2D eigenvalue weighted by atomic mass is 16.5. The SMILES string of the molecule is O=C(COc1ccccc1)N1CCCC1CO. The Kier molecular flexibility index (Phi) is 3.98. The van der Waals surface area contributed by atoms with E-state index in [-0.39, 0.29) is 25.2 Å². The van der Waals surface area contributed by atoms with Crippen molar-refractivity contribution < 1.29 is 14.6 Å². The van der Waals surface area contributed by atoms with Gasteiger partial charge in [0.2, 0.25) is 0 Å². The maximum Gasteiger partial charge on any atom is 0.260 e. The average molecular weight is 235 g/mol. The lowest BCUT2D eigenvalue weighted by Crippen LogP contribution is -2.40. The zero-order valence-corrected chi connectivity index (χ0v) is 9.71. The van der Waals surface area contributed by atoms with Gasteiger partial charge in [-0.05, 0) is 25.0 Å². The molecule has 0 aliphatic carbocycles. The van der Waals surface area contributed by atoms with E-state index < -0.39 is 0 Å². The molecule has 1 amide bonds. The van der Waals surface area contributed by atoms with E-state index in [1.807, 2.05) is 30.3 Å². The Labute approximate surface area is 101 Å². The summed E-state index contributed by atoms with van der Waals surface area (Å²) >= 11 is 0. The van der Waals surface area contributed by atoms with Crippen LogP contribution in [0.4, 0.5) is 0 Å². The lowest BCUT2D eigenvalue weighted by molar-refractivity contribution is -0.134. The summed E-state index contributed by atoms with van der Waals surface area (Å²) in [6.45, 7) is 0.805. The molecular weight excluding hydrogens is 218 g/mol. The molecule has 4 heteroatoms. The molecule has 0 saturated carbocycles. The predicted octanol–water partition coefficient (Wildman–Crippen LogP) is 1.05. The van der Waals surface area contributed by atoms with Crippen LogP contribution in [0.1, 0.15) is 12.8 Å². The number of aliphatic hydroxyl groups is 1. The largest absolute Gasteiger partial charge is 0.484 e. The highest BCUT2D eigenvalue weighted by molar-refractivity contribution is 5.78. The van der Waals surface area contributed by atoms with Crippen LogP contribution < -0.4 is 4.74 Å². The first-order valence-electron chi connectivity index (χ1n) is 5.89. The lowest BCUT2D eigenvalue weighted by atomic mass is 10.2. The third-order valence-electron chi connectivity index (χ3n) is 3.01. The minimum absolute atomic E-state index is 0.0260. The second-order valence-electron chi connectivity index (χ2n) is 4.17. The molecule has 92 valence electrons. The number of nitrogens with zero attached hydrogens (tertiary/aromatic N) is 1. The third kappa shape index (κ3) is 2.97. The van der Waals surface area contributed by atoms with Gasteiger partial charge in [-0.1, -0.05) is 18.2 Å². The van der Waals surface area contributed by atoms with Crippen LogP contribution in [-0.2, 0) is 4.79 Å². The molecule has 1 N–H and O–H groups in total. The van der Waals surface area contributed by atoms with Gasteiger partial charge in [-0.15, -0.1) is 0 Å². The summed E-state index contributed by atoms with van der Waals surface area (Å²) in [5.74, 6) is 0.644. The van der Waals surface area contributed by atoms with Crippen molar-refractivity contribution >= 4 is 5.91 Å². The number of aliphatic hydroxyl groups excluding tert-OH is 1. The van der Waals surface area contributed by atoms with Gasteiger partial charge in [0.05, 0.1) is 12.6 Å². The molecule has 1 heterocycles. The molecule has 0 radical (unpaired) electrons. The summed E-state index contributed by atoms with van der Waals surface area (Å²) in [5.41, 5.74) is 0. The Hall–Kier alpha value is -1.55. The van der Waals surface area contributed by atoms with Gasteiger partial charge in [0, 0.05) is 6.54 Å². The minimum atomic E-state index is -0.0506. The maximum absolute atomic E-state index is 11.9. The molecule has 1 saturated heterocycles. The van der Waals surface area contributed by atoms with E-state index in [4.69, 9.17) is 9.84 Å². The third-order valence-corrected chi connectivity index (χ3v) is 3.01. The van der Waals surface area contributed by atoms with Gasteiger partial charge in [0.15, 0.2) is 6.61 Å². The van der Waals surface area contributed by atoms with E-state index >= 15 is 0 Å². The van der Waals surface area contributed by atoms with Crippen molar-refractivity contribution in [2.75, 3.05) is 19.8 Å². The van der Waals surface area contributed by atoms with Crippen molar-refractivity contribution in [3.8, 4) is 5.75 Å². The van der Waals surface area contributed by atoms with Crippen LogP contribution in [0.3, 0.4) is 0 Å². The van der Waals surface area contributed by atoms with Crippen molar-refractivity contribution in [1.82, 2.24) is 4.90 Å². The van der Waals surface area contributed by atoms with Crippen LogP contribution in [0.25, 0.3) is 0 Å². The number of hydrogen-bond acceptors (Lipinski definition) is 3. The normalized spacial score (nSPS) is 19.4. The van der Waals surface area contributed by atoms with E-state index in [0.717, 1.165) is 19.4 Å². The Morgan fingerprint density at radius 2 is 2.18 bits per heavy atom. The van der Waals surface area contributed by atoms with Crippen molar-refractivity contribution in [3.05, 3.63) is 30.3 Å². The number of carbonyl (C=O) groups is 1. The summed E-state index contributed by atoms with van der Waals surface area (Å²) in [4.78, 5) is 13.6. The zero-order chi connectivity index (χ0) is 12.1. The Morgan fingerprint density at radius 1 is 1.41 bits per heavy atom. The molecule has 1 aromatic rings. The quantitative estimate of drug-likeness (QED) is 0.848. The number of rotatable bonds is 4. The highest BCUT2D eigenvalue weighted by Crippen LogP contribution is 2.17. The molecule has 1 aliphatic heterocycles. The fourth-order valence-corrected chi connectivity index (χ4v) is 2.10. The fourth-order valence-electron chi connectivity index (χ4n) is 2.10. The zero-order valence-electron chi connectivity index (χ0n) is 9.71. The number of amides is 1. The number of ether oxygens (including phenoxy) is 1. The first-order valence-corrected chi connectivity index (χ1v) is 5.89. The van der Waals surface area contributed by atoms with Crippen molar-refractivity contribution in [2.45, 2.75) is 18.9 Å². The number of likely N-dealkylation sites (tertiary alicyclic amines) is 1. The summed E-state index contributed by atoms with van der Waals surface area (Å²) < 4.78 is 5.40. The monoisotopic (exact) mass is 235 g/mol. The highest BCUT2D eigenvalue weighted by Gasteiger charge is 2.27. The van der Waals surface area contributed by atoms with Gasteiger partial charge in [-0.25, -0.2) is 0 Å². The first kappa shape index (κ1) is 11.9. The fraction of sp³-hybridized carbons (Fsp3) is 0.462. The summed E-state index contributed by atoms with van der Waals surface area (Å²) in [6.07, 6.45) is 1.84. The smallest absolute Gasteiger partial charge is 0.260 e. The van der Waals surface area contributed by atoms with E-state index in [9.17, 15) is 4.79 Å². The van der Waals surface area contributed by atoms with E-state index in [2.05, 4.69) is 0 Å². The van der Waals surface area contributed by atoms with Crippen LogP contribution in [0.15, 0.2) is 30.3 Å². The van der Waals surface area contributed by atoms with Gasteiger partial charge in [0.1, 0.15) is 5.75 Å². The van der Waals surface area contributed by atoms with Crippen molar-refractivity contribution in [1.29, 1.82) is 0 Å². The second-order valence-corrected chi connectivity index (χ2v) is 4.17. The van der Waals surface area contributed by atoms with Crippen LogP contribution in [0.5, 0.6) is 5.75 Å². The van der Waals surface area contributed by atoms with Gasteiger partial charge in [-0.2, -0.15) is 0 Å². The molecule has 1 atom stereocenters. The number of carbonyl (C=O) groups excluding carboxylic acids is 1. The summed E-state index contributed by atoms with van der Waals surface area (Å²) in [7, 11) is 0. The average Bonchev–Trinajstić information content (AvgIpc) is 2.85. The molecular formula is C13H17NO3. The van der Waals surface area contributed by atoms with Crippen LogP contribution in [-0.4, -0.2) is 41.7 Å². The van der Waals surface area contributed by atoms with E-state index in [1.54, 1.807) is 4.90 Å². The minimum Gasteiger partial charge on any atom is -0.484 e. The van der Waals surface area contributed by atoms with E-state index in [0.29, 0.717) is 5.75 Å². The van der Waals surface area contributed by atoms with Gasteiger partial charge in [-0.3, -0.25) is 4.79 Å². The standard InChI is InChI=1S/C13H17NO3/c15-9-11-5-4-8-14(11)13(16)10-17-12-6-2-1-3-7-12/h1-3,6-7,11,15H,4-5,8-10H2. The molecule has 1 fully saturated rings. The van der Waals surface area contributed by atoms with Crippen LogP contribution >= 0.6 is 0 Å². The number of hydrogen-bond donors (Lipinski definition) is 1. The summed E-state index contributed by atoms with van der Waals surface area (Å²) in [5, 5.41) is 9.14. The molecule has 0 bridgehead atoms. The van der Waals surface area contributed by atoms with E-state index in [1.165, 1.54) is 0 Å². The lowest BCUT2D eigenvalue weighted by Gasteiger charge is -2.22. The molecule has 2 rings (SSSR count). The van der Waals surface area contributed by atoms with Crippen LogP contribution in [0, 0.1) is 0 Å². The van der Waals surface area contributed by atoms with Gasteiger partial charge in [0.25, 0.3) is 5.91 Å². The predicted molar refractivity (Wildman–Crippen MR) is 63.8 cm³/mol. The number of para-hydroxylation sites is 1. The Bertz CT molecular complexity index is 366. The molecule has 1 aromatic carbocycles. The molecule has 0 aromatic heterocycles. The Morgan fingerprint density at radius 3 is 2.88 bits per heavy atom. The summed E-state index contributed by atoms with van der Waals surface area (Å²) in [6, 6.07) is 9.25. The topological polar surface area (TPSA) is 49.8 Å². The number of benzene rings is 1. The van der Waals surface area contributed by atoms with Crippen molar-refractivity contribution in [3.63, 3.8) is 0 Å².